The van der Waals surface area contributed by atoms with Crippen molar-refractivity contribution in [2.24, 2.45) is 11.3 Å². The molecule has 11 heteroatoms. The maximum Gasteiger partial charge on any atom is 0.471 e. The Labute approximate surface area is 225 Å². The van der Waals surface area contributed by atoms with Crippen LogP contribution in [0, 0.1) is 22.7 Å². The van der Waals surface area contributed by atoms with Gasteiger partial charge >= 0.3 is 12.1 Å². The first-order chi connectivity index (χ1) is 18.1. The first-order valence-corrected chi connectivity index (χ1v) is 12.5. The second-order valence-electron chi connectivity index (χ2n) is 11.0. The lowest BCUT2D eigenvalue weighted by Gasteiger charge is -2.35. The molecule has 0 unspecified atom stereocenters. The zero-order chi connectivity index (χ0) is 29.1. The number of alkyl halides is 3. The molecule has 0 aliphatic carbocycles. The highest BCUT2D eigenvalue weighted by atomic mass is 19.4. The third kappa shape index (κ3) is 6.93. The van der Waals surface area contributed by atoms with Crippen LogP contribution in [0.4, 0.5) is 13.2 Å². The Balaban J connectivity index is 1.94. The van der Waals surface area contributed by atoms with Crippen molar-refractivity contribution >= 4 is 28.5 Å². The molecule has 3 rings (SSSR count). The van der Waals surface area contributed by atoms with Crippen LogP contribution in [0.3, 0.4) is 0 Å². The van der Waals surface area contributed by atoms with Gasteiger partial charge in [-0.1, -0.05) is 56.7 Å². The molecule has 2 N–H and O–H groups in total. The topological polar surface area (TPSA) is 115 Å². The number of halogens is 3. The molecule has 208 valence electrons. The highest BCUT2D eigenvalue weighted by Crippen LogP contribution is 2.31. The number of hydrogen-bond acceptors (Lipinski definition) is 5. The fourth-order valence-corrected chi connectivity index (χ4v) is 4.77. The Morgan fingerprint density at radius 1 is 1.13 bits per heavy atom. The van der Waals surface area contributed by atoms with Gasteiger partial charge in [0.05, 0.1) is 6.07 Å². The molecule has 1 saturated heterocycles. The third-order valence-corrected chi connectivity index (χ3v) is 6.56. The van der Waals surface area contributed by atoms with E-state index in [-0.39, 0.29) is 18.9 Å². The average molecular weight is 544 g/mol. The summed E-state index contributed by atoms with van der Waals surface area (Å²) in [6.45, 7) is 8.39. The molecule has 1 aliphatic heterocycles. The van der Waals surface area contributed by atoms with Gasteiger partial charge in [0.1, 0.15) is 18.1 Å². The SMILES string of the molecule is CC(C)=C[C@@H]1C[C@@H](C(=O)N[C@@H](C#N)c2cncc3ccccc23)N(C(=O)[C@@H](NC(=O)C(F)(F)F)C(C)(C)C)C1. The summed E-state index contributed by atoms with van der Waals surface area (Å²) in [5.41, 5.74) is 0.339. The van der Waals surface area contributed by atoms with Crippen molar-refractivity contribution in [1.29, 1.82) is 5.26 Å². The number of hydrogen-bond donors (Lipinski definition) is 2. The number of carbonyl (C=O) groups excluding carboxylic acids is 3. The number of nitriles is 1. The summed E-state index contributed by atoms with van der Waals surface area (Å²) in [7, 11) is 0. The largest absolute Gasteiger partial charge is 0.471 e. The Morgan fingerprint density at radius 3 is 2.38 bits per heavy atom. The van der Waals surface area contributed by atoms with E-state index in [1.165, 1.54) is 31.9 Å². The van der Waals surface area contributed by atoms with Crippen molar-refractivity contribution in [3.63, 3.8) is 0 Å². The molecule has 0 saturated carbocycles. The molecule has 3 amide bonds. The molecule has 1 aliphatic rings. The van der Waals surface area contributed by atoms with E-state index in [4.69, 9.17) is 0 Å². The molecule has 39 heavy (non-hydrogen) atoms. The van der Waals surface area contributed by atoms with Crippen molar-refractivity contribution in [1.82, 2.24) is 20.5 Å². The molecule has 4 atom stereocenters. The molecule has 1 aromatic carbocycles. The third-order valence-electron chi connectivity index (χ3n) is 6.56. The highest BCUT2D eigenvalue weighted by Gasteiger charge is 2.48. The van der Waals surface area contributed by atoms with Crippen molar-refractivity contribution in [3.05, 3.63) is 53.9 Å². The van der Waals surface area contributed by atoms with Gasteiger partial charge in [-0.05, 0) is 37.0 Å². The van der Waals surface area contributed by atoms with E-state index >= 15 is 0 Å². The molecule has 2 aromatic rings. The van der Waals surface area contributed by atoms with E-state index in [2.05, 4.69) is 16.4 Å². The standard InChI is InChI=1S/C28H32F3N5O3/c1-16(2)10-17-11-22(36(15-17)25(38)23(27(3,4)5)35-26(39)28(29,30)31)24(37)34-21(12-32)20-14-33-13-18-8-6-7-9-19(18)20/h6-10,13-14,17,21-23H,11,15H2,1-5H3,(H,34,37)(H,35,39)/t17-,21+,22+,23-/m1/s1. The van der Waals surface area contributed by atoms with Crippen molar-refractivity contribution in [2.45, 2.75) is 65.3 Å². The average Bonchev–Trinajstić information content (AvgIpc) is 3.26. The first-order valence-electron chi connectivity index (χ1n) is 12.5. The number of benzene rings is 1. The quantitative estimate of drug-likeness (QED) is 0.530. The Hall–Kier alpha value is -3.94. The smallest absolute Gasteiger partial charge is 0.336 e. The van der Waals surface area contributed by atoms with Gasteiger partial charge in [-0.3, -0.25) is 19.4 Å². The Bertz CT molecular complexity index is 1320. The van der Waals surface area contributed by atoms with Gasteiger partial charge in [-0.2, -0.15) is 18.4 Å². The molecule has 0 radical (unpaired) electrons. The number of likely N-dealkylation sites (tertiary alicyclic amines) is 1. The van der Waals surface area contributed by atoms with Gasteiger partial charge in [0, 0.05) is 29.9 Å². The molecule has 1 aromatic heterocycles. The minimum absolute atomic E-state index is 0.0730. The van der Waals surface area contributed by atoms with Crippen LogP contribution >= 0.6 is 0 Å². The molecule has 8 nitrogen and oxygen atoms in total. The van der Waals surface area contributed by atoms with E-state index in [1.54, 1.807) is 18.3 Å². The lowest BCUT2D eigenvalue weighted by molar-refractivity contribution is -0.176. The summed E-state index contributed by atoms with van der Waals surface area (Å²) in [6, 6.07) is 5.63. The molecular formula is C28H32F3N5O3. The predicted octanol–water partition coefficient (Wildman–Crippen LogP) is 4.19. The van der Waals surface area contributed by atoms with Gasteiger partial charge in [0.25, 0.3) is 0 Å². The number of pyridine rings is 1. The summed E-state index contributed by atoms with van der Waals surface area (Å²) in [4.78, 5) is 44.4. The van der Waals surface area contributed by atoms with Crippen LogP contribution in [0.5, 0.6) is 0 Å². The molecule has 0 bridgehead atoms. The lowest BCUT2D eigenvalue weighted by atomic mass is 9.85. The number of aromatic nitrogens is 1. The normalized spacial score (nSPS) is 19.1. The van der Waals surface area contributed by atoms with Crippen LogP contribution in [0.25, 0.3) is 10.8 Å². The number of rotatable bonds is 6. The van der Waals surface area contributed by atoms with E-state index in [0.29, 0.717) is 5.56 Å². The second-order valence-corrected chi connectivity index (χ2v) is 11.0. The number of fused-ring (bicyclic) bond motifs is 1. The summed E-state index contributed by atoms with van der Waals surface area (Å²) in [5, 5.41) is 15.9. The summed E-state index contributed by atoms with van der Waals surface area (Å²) in [5.74, 6) is -3.90. The first kappa shape index (κ1) is 29.6. The van der Waals surface area contributed by atoms with Crippen molar-refractivity contribution in [2.75, 3.05) is 6.54 Å². The van der Waals surface area contributed by atoms with Gasteiger partial charge in [0.15, 0.2) is 0 Å². The number of allylic oxidation sites excluding steroid dienone is 1. The number of nitrogens with one attached hydrogen (secondary N) is 2. The Kier molecular flexibility index (Phi) is 8.68. The number of nitrogens with zero attached hydrogens (tertiary/aromatic N) is 3. The number of amides is 3. The molecule has 1 fully saturated rings. The van der Waals surface area contributed by atoms with Crippen molar-refractivity contribution in [3.8, 4) is 6.07 Å². The summed E-state index contributed by atoms with van der Waals surface area (Å²) < 4.78 is 39.2. The fraction of sp³-hybridized carbons (Fsp3) is 0.464. The van der Waals surface area contributed by atoms with E-state index in [1.807, 2.05) is 37.4 Å². The molecule has 0 spiro atoms. The highest BCUT2D eigenvalue weighted by molar-refractivity contribution is 5.94. The van der Waals surface area contributed by atoms with Crippen molar-refractivity contribution < 1.29 is 27.6 Å². The van der Waals surface area contributed by atoms with Crippen LogP contribution in [0.2, 0.25) is 0 Å². The van der Waals surface area contributed by atoms with Crippen LogP contribution in [-0.2, 0) is 14.4 Å². The van der Waals surface area contributed by atoms with Gasteiger partial charge in [0.2, 0.25) is 11.8 Å². The van der Waals surface area contributed by atoms with Gasteiger partial charge in [-0.15, -0.1) is 0 Å². The minimum Gasteiger partial charge on any atom is -0.336 e. The summed E-state index contributed by atoms with van der Waals surface area (Å²) >= 11 is 0. The maximum atomic E-state index is 13.7. The maximum absolute atomic E-state index is 13.7. The Morgan fingerprint density at radius 2 is 1.79 bits per heavy atom. The van der Waals surface area contributed by atoms with Gasteiger partial charge in [-0.25, -0.2) is 0 Å². The van der Waals surface area contributed by atoms with Crippen LogP contribution < -0.4 is 10.6 Å². The molecular weight excluding hydrogens is 511 g/mol. The minimum atomic E-state index is -5.18. The van der Waals surface area contributed by atoms with Crippen LogP contribution in [0.15, 0.2) is 48.3 Å². The van der Waals surface area contributed by atoms with E-state index < -0.39 is 47.4 Å². The van der Waals surface area contributed by atoms with E-state index in [9.17, 15) is 32.8 Å². The zero-order valence-corrected chi connectivity index (χ0v) is 22.5. The van der Waals surface area contributed by atoms with E-state index in [0.717, 1.165) is 16.3 Å². The summed E-state index contributed by atoms with van der Waals surface area (Å²) in [6.07, 6.45) is 0.0481. The monoisotopic (exact) mass is 543 g/mol. The van der Waals surface area contributed by atoms with Gasteiger partial charge < -0.3 is 15.5 Å². The zero-order valence-electron chi connectivity index (χ0n) is 22.5. The fourth-order valence-electron chi connectivity index (χ4n) is 4.77. The number of carbonyl (C=O) groups is 3. The van der Waals surface area contributed by atoms with Crippen LogP contribution in [0.1, 0.15) is 52.6 Å². The molecule has 2 heterocycles. The lowest BCUT2D eigenvalue weighted by Crippen LogP contribution is -2.59. The second kappa shape index (κ2) is 11.4. The van der Waals surface area contributed by atoms with Crippen LogP contribution in [-0.4, -0.2) is 52.4 Å². The predicted molar refractivity (Wildman–Crippen MR) is 139 cm³/mol.